The van der Waals surface area contributed by atoms with E-state index in [0.29, 0.717) is 17.7 Å². The number of carbonyl (C=O) groups is 3. The number of imide groups is 1. The Morgan fingerprint density at radius 3 is 2.46 bits per heavy atom. The van der Waals surface area contributed by atoms with Crippen LogP contribution in [0.5, 0.6) is 0 Å². The largest absolute Gasteiger partial charge is 0.367 e. The molecule has 0 saturated carbocycles. The lowest BCUT2D eigenvalue weighted by Gasteiger charge is -2.36. The zero-order valence-electron chi connectivity index (χ0n) is 19.1. The van der Waals surface area contributed by atoms with Crippen molar-refractivity contribution in [2.75, 3.05) is 36.0 Å². The van der Waals surface area contributed by atoms with Gasteiger partial charge in [0.05, 0.1) is 45.3 Å². The van der Waals surface area contributed by atoms with E-state index in [1.54, 1.807) is 40.0 Å². The number of nitrogens with zero attached hydrogens (tertiary/aromatic N) is 5. The molecule has 3 aliphatic rings. The van der Waals surface area contributed by atoms with Crippen LogP contribution in [0.3, 0.4) is 0 Å². The molecule has 35 heavy (non-hydrogen) atoms. The van der Waals surface area contributed by atoms with Crippen molar-refractivity contribution in [3.8, 4) is 0 Å². The van der Waals surface area contributed by atoms with E-state index in [1.807, 2.05) is 18.2 Å². The average Bonchev–Trinajstić information content (AvgIpc) is 3.17. The fourth-order valence-electron chi connectivity index (χ4n) is 5.38. The number of piperidine rings is 1. The van der Waals surface area contributed by atoms with Crippen molar-refractivity contribution in [3.63, 3.8) is 0 Å². The Hall–Kier alpha value is -3.05. The molecule has 178 valence electrons. The van der Waals surface area contributed by atoms with Crippen LogP contribution in [0.25, 0.3) is 10.9 Å². The Kier molecular flexibility index (Phi) is 5.68. The molecule has 2 fully saturated rings. The van der Waals surface area contributed by atoms with Crippen LogP contribution >= 0.6 is 22.9 Å². The summed E-state index contributed by atoms with van der Waals surface area (Å²) in [6.45, 7) is 4.57. The van der Waals surface area contributed by atoms with Gasteiger partial charge < -0.3 is 4.90 Å². The molecule has 1 aromatic heterocycles. The van der Waals surface area contributed by atoms with Gasteiger partial charge in [0.2, 0.25) is 5.91 Å². The SMILES string of the molecule is O=C1CCC(N2C(=O)c3ccc(N4CCN(Cc5ccccc5)CC4)c4nccc2c34)C(=O)N1I. The van der Waals surface area contributed by atoms with Crippen LogP contribution in [-0.2, 0) is 16.1 Å². The van der Waals surface area contributed by atoms with E-state index < -0.39 is 6.04 Å². The Morgan fingerprint density at radius 2 is 1.69 bits per heavy atom. The number of benzene rings is 2. The van der Waals surface area contributed by atoms with Gasteiger partial charge in [0, 0.05) is 50.7 Å². The van der Waals surface area contributed by atoms with Crippen molar-refractivity contribution in [2.45, 2.75) is 25.4 Å². The Labute approximate surface area is 217 Å². The topological polar surface area (TPSA) is 77.1 Å². The number of rotatable bonds is 4. The summed E-state index contributed by atoms with van der Waals surface area (Å²) in [6.07, 6.45) is 2.28. The van der Waals surface area contributed by atoms with E-state index in [-0.39, 0.29) is 24.1 Å². The van der Waals surface area contributed by atoms with E-state index in [0.717, 1.165) is 52.4 Å². The number of carbonyl (C=O) groups excluding carboxylic acids is 3. The van der Waals surface area contributed by atoms with Gasteiger partial charge in [0.15, 0.2) is 0 Å². The maximum atomic E-state index is 13.4. The summed E-state index contributed by atoms with van der Waals surface area (Å²) in [5.41, 5.74) is 4.39. The third kappa shape index (κ3) is 3.77. The zero-order valence-corrected chi connectivity index (χ0v) is 21.2. The normalized spacial score (nSPS) is 20.9. The molecule has 8 nitrogen and oxygen atoms in total. The Morgan fingerprint density at radius 1 is 0.914 bits per heavy atom. The minimum Gasteiger partial charge on any atom is -0.367 e. The minimum absolute atomic E-state index is 0.199. The number of aromatic nitrogens is 1. The molecular weight excluding hydrogens is 557 g/mol. The van der Waals surface area contributed by atoms with E-state index in [2.05, 4.69) is 39.0 Å². The quantitative estimate of drug-likeness (QED) is 0.267. The van der Waals surface area contributed by atoms with Crippen LogP contribution in [0.1, 0.15) is 28.8 Å². The molecule has 2 saturated heterocycles. The second-order valence-corrected chi connectivity index (χ2v) is 10.1. The molecule has 0 radical (unpaired) electrons. The second kappa shape index (κ2) is 8.87. The molecule has 1 unspecified atom stereocenters. The number of hydrogen-bond acceptors (Lipinski definition) is 6. The minimum atomic E-state index is -0.680. The summed E-state index contributed by atoms with van der Waals surface area (Å²) < 4.78 is 1.11. The standard InChI is InChI=1S/C26H24IN5O3/c27-32-22(33)9-8-21(26(32)35)31-19-10-11-28-24-20(7-6-18(23(19)24)25(31)34)30-14-12-29(13-15-30)16-17-4-2-1-3-5-17/h1-7,10-11,21H,8-9,12-16H2. The first-order valence-corrected chi connectivity index (χ1v) is 12.8. The summed E-state index contributed by atoms with van der Waals surface area (Å²) in [5.74, 6) is -0.762. The third-order valence-electron chi connectivity index (χ3n) is 7.16. The molecule has 3 aromatic rings. The van der Waals surface area contributed by atoms with Gasteiger partial charge in [-0.2, -0.15) is 0 Å². The summed E-state index contributed by atoms with van der Waals surface area (Å²) in [4.78, 5) is 49.3. The highest BCUT2D eigenvalue weighted by atomic mass is 127. The van der Waals surface area contributed by atoms with E-state index >= 15 is 0 Å². The maximum Gasteiger partial charge on any atom is 0.261 e. The van der Waals surface area contributed by atoms with Gasteiger partial charge in [-0.05, 0) is 30.2 Å². The average molecular weight is 581 g/mol. The smallest absolute Gasteiger partial charge is 0.261 e. The predicted molar refractivity (Wildman–Crippen MR) is 141 cm³/mol. The molecule has 0 bridgehead atoms. The highest BCUT2D eigenvalue weighted by Crippen LogP contribution is 2.42. The molecule has 4 heterocycles. The molecule has 2 aromatic carbocycles. The first kappa shape index (κ1) is 22.4. The highest BCUT2D eigenvalue weighted by Gasteiger charge is 2.44. The third-order valence-corrected chi connectivity index (χ3v) is 8.17. The fraction of sp³-hybridized carbons (Fsp3) is 0.308. The van der Waals surface area contributed by atoms with Crippen LogP contribution in [0, 0.1) is 0 Å². The molecule has 3 aliphatic heterocycles. The van der Waals surface area contributed by atoms with Crippen molar-refractivity contribution in [1.82, 2.24) is 13.0 Å². The number of piperazine rings is 1. The van der Waals surface area contributed by atoms with Gasteiger partial charge >= 0.3 is 0 Å². The van der Waals surface area contributed by atoms with Crippen LogP contribution < -0.4 is 9.80 Å². The monoisotopic (exact) mass is 581 g/mol. The Balaban J connectivity index is 1.28. The summed E-state index contributed by atoms with van der Waals surface area (Å²) in [7, 11) is 0. The highest BCUT2D eigenvalue weighted by molar-refractivity contribution is 14.1. The predicted octanol–water partition coefficient (Wildman–Crippen LogP) is 3.38. The fourth-order valence-corrected chi connectivity index (χ4v) is 5.94. The number of hydrogen-bond donors (Lipinski definition) is 0. The maximum absolute atomic E-state index is 13.4. The van der Waals surface area contributed by atoms with E-state index in [1.165, 1.54) is 5.56 Å². The number of pyridine rings is 1. The lowest BCUT2D eigenvalue weighted by molar-refractivity contribution is -0.140. The van der Waals surface area contributed by atoms with E-state index in [4.69, 9.17) is 0 Å². The Bertz CT molecular complexity index is 1340. The van der Waals surface area contributed by atoms with Gasteiger partial charge in [0.1, 0.15) is 6.04 Å². The molecular formula is C26H24IN5O3. The number of amides is 3. The lowest BCUT2D eigenvalue weighted by Crippen LogP contribution is -2.52. The molecule has 9 heteroatoms. The van der Waals surface area contributed by atoms with Crippen molar-refractivity contribution < 1.29 is 14.4 Å². The first-order valence-electron chi connectivity index (χ1n) is 11.8. The second-order valence-electron chi connectivity index (χ2n) is 9.18. The number of halogens is 1. The molecule has 0 spiro atoms. The summed E-state index contributed by atoms with van der Waals surface area (Å²) >= 11 is 1.74. The van der Waals surface area contributed by atoms with Crippen LogP contribution in [0.15, 0.2) is 54.7 Å². The molecule has 1 atom stereocenters. The van der Waals surface area contributed by atoms with Crippen molar-refractivity contribution in [1.29, 1.82) is 0 Å². The van der Waals surface area contributed by atoms with Gasteiger partial charge in [-0.1, -0.05) is 30.3 Å². The van der Waals surface area contributed by atoms with Gasteiger partial charge in [-0.3, -0.25) is 29.2 Å². The van der Waals surface area contributed by atoms with Crippen LogP contribution in [-0.4, -0.2) is 62.9 Å². The van der Waals surface area contributed by atoms with Crippen molar-refractivity contribution >= 4 is 62.9 Å². The molecule has 0 aliphatic carbocycles. The molecule has 3 amide bonds. The zero-order chi connectivity index (χ0) is 24.1. The van der Waals surface area contributed by atoms with Gasteiger partial charge in [-0.15, -0.1) is 0 Å². The molecule has 0 N–H and O–H groups in total. The summed E-state index contributed by atoms with van der Waals surface area (Å²) in [6, 6.07) is 15.5. The lowest BCUT2D eigenvalue weighted by atomic mass is 10.0. The van der Waals surface area contributed by atoms with Gasteiger partial charge in [-0.25, -0.2) is 3.11 Å². The summed E-state index contributed by atoms with van der Waals surface area (Å²) in [5, 5.41) is 0.798. The van der Waals surface area contributed by atoms with Crippen molar-refractivity contribution in [3.05, 3.63) is 65.9 Å². The number of anilines is 2. The van der Waals surface area contributed by atoms with Crippen molar-refractivity contribution in [2.24, 2.45) is 0 Å². The van der Waals surface area contributed by atoms with Crippen LogP contribution in [0.4, 0.5) is 11.4 Å². The van der Waals surface area contributed by atoms with Crippen LogP contribution in [0.2, 0.25) is 0 Å². The first-order chi connectivity index (χ1) is 17.0. The molecule has 6 rings (SSSR count). The van der Waals surface area contributed by atoms with Gasteiger partial charge in [0.25, 0.3) is 11.8 Å². The van der Waals surface area contributed by atoms with E-state index in [9.17, 15) is 14.4 Å².